The van der Waals surface area contributed by atoms with Gasteiger partial charge in [0.1, 0.15) is 9.71 Å². The number of amides is 1. The van der Waals surface area contributed by atoms with E-state index < -0.39 is 0 Å². The normalized spacial score (nSPS) is 17.0. The van der Waals surface area contributed by atoms with E-state index in [1.807, 2.05) is 35.2 Å². The van der Waals surface area contributed by atoms with Crippen LogP contribution in [0.15, 0.2) is 42.6 Å². The number of rotatable bonds is 1. The van der Waals surface area contributed by atoms with Crippen LogP contribution in [0.25, 0.3) is 10.2 Å². The van der Waals surface area contributed by atoms with Crippen LogP contribution in [0.3, 0.4) is 0 Å². The molecule has 4 rings (SSSR count). The molecule has 0 bridgehead atoms. The Hall–Kier alpha value is -2.40. The molecule has 1 aliphatic heterocycles. The average Bonchev–Trinajstić information content (AvgIpc) is 3.04. The molecular formula is C17H15N3OS. The smallest absolute Gasteiger partial charge is 0.270 e. The lowest BCUT2D eigenvalue weighted by molar-refractivity contribution is 0.0986. The first-order chi connectivity index (χ1) is 10.7. The number of carbonyl (C=O) groups excluding carboxylic acids is 1. The van der Waals surface area contributed by atoms with Crippen molar-refractivity contribution in [3.05, 3.63) is 53.0 Å². The second-order valence-corrected chi connectivity index (χ2v) is 6.56. The first kappa shape index (κ1) is 13.3. The molecule has 22 heavy (non-hydrogen) atoms. The third kappa shape index (κ3) is 1.82. The monoisotopic (exact) mass is 309 g/mol. The van der Waals surface area contributed by atoms with Crippen molar-refractivity contribution in [2.24, 2.45) is 0 Å². The van der Waals surface area contributed by atoms with E-state index in [4.69, 9.17) is 5.73 Å². The molecule has 0 saturated carbocycles. The van der Waals surface area contributed by atoms with Gasteiger partial charge in [-0.2, -0.15) is 0 Å². The third-order valence-electron chi connectivity index (χ3n) is 4.12. The Kier molecular flexibility index (Phi) is 2.90. The summed E-state index contributed by atoms with van der Waals surface area (Å²) in [5.74, 6) is -0.0297. The van der Waals surface area contributed by atoms with E-state index in [1.54, 1.807) is 6.20 Å². The van der Waals surface area contributed by atoms with Gasteiger partial charge in [0.25, 0.3) is 5.91 Å². The van der Waals surface area contributed by atoms with Gasteiger partial charge in [0.05, 0.1) is 5.69 Å². The van der Waals surface area contributed by atoms with Crippen molar-refractivity contribution in [2.75, 3.05) is 10.6 Å². The summed E-state index contributed by atoms with van der Waals surface area (Å²) in [7, 11) is 0. The van der Waals surface area contributed by atoms with Crippen molar-refractivity contribution in [3.63, 3.8) is 0 Å². The Balaban J connectivity index is 1.82. The van der Waals surface area contributed by atoms with E-state index >= 15 is 0 Å². The molecule has 2 N–H and O–H groups in total. The maximum Gasteiger partial charge on any atom is 0.270 e. The van der Waals surface area contributed by atoms with Crippen molar-refractivity contribution >= 4 is 38.8 Å². The van der Waals surface area contributed by atoms with Gasteiger partial charge in [0.2, 0.25) is 0 Å². The molecule has 4 nitrogen and oxygen atoms in total. The fourth-order valence-electron chi connectivity index (χ4n) is 3.09. The van der Waals surface area contributed by atoms with E-state index in [1.165, 1.54) is 16.9 Å². The number of anilines is 2. The summed E-state index contributed by atoms with van der Waals surface area (Å²) in [5.41, 5.74) is 8.93. The van der Waals surface area contributed by atoms with Crippen molar-refractivity contribution < 1.29 is 4.79 Å². The van der Waals surface area contributed by atoms with Crippen LogP contribution in [0.5, 0.6) is 0 Å². The number of nitrogens with zero attached hydrogens (tertiary/aromatic N) is 2. The SMILES string of the molecule is CC1Cc2ccccc2N1C(=O)c1sc2ncccc2c1N. The highest BCUT2D eigenvalue weighted by molar-refractivity contribution is 7.21. The minimum Gasteiger partial charge on any atom is -0.397 e. The van der Waals surface area contributed by atoms with Gasteiger partial charge in [-0.3, -0.25) is 4.79 Å². The zero-order chi connectivity index (χ0) is 15.3. The Morgan fingerprint density at radius 1 is 1.32 bits per heavy atom. The predicted molar refractivity (Wildman–Crippen MR) is 90.4 cm³/mol. The van der Waals surface area contributed by atoms with Gasteiger partial charge in [0.15, 0.2) is 0 Å². The van der Waals surface area contributed by atoms with Gasteiger partial charge in [-0.25, -0.2) is 4.98 Å². The second-order valence-electron chi connectivity index (χ2n) is 5.56. The van der Waals surface area contributed by atoms with E-state index in [9.17, 15) is 4.79 Å². The van der Waals surface area contributed by atoms with Gasteiger partial charge >= 0.3 is 0 Å². The molecule has 1 unspecified atom stereocenters. The number of para-hydroxylation sites is 1. The zero-order valence-corrected chi connectivity index (χ0v) is 12.9. The van der Waals surface area contributed by atoms with E-state index in [0.29, 0.717) is 10.6 Å². The lowest BCUT2D eigenvalue weighted by Gasteiger charge is -2.22. The van der Waals surface area contributed by atoms with Crippen LogP contribution in [-0.4, -0.2) is 16.9 Å². The third-order valence-corrected chi connectivity index (χ3v) is 5.24. The van der Waals surface area contributed by atoms with Gasteiger partial charge in [0, 0.05) is 23.3 Å². The Morgan fingerprint density at radius 3 is 2.95 bits per heavy atom. The molecule has 110 valence electrons. The maximum absolute atomic E-state index is 13.0. The molecular weight excluding hydrogens is 294 g/mol. The molecule has 1 aliphatic rings. The molecule has 0 spiro atoms. The molecule has 0 radical (unpaired) electrons. The average molecular weight is 309 g/mol. The van der Waals surface area contributed by atoms with E-state index in [0.717, 1.165) is 22.3 Å². The Labute approximate surface area is 132 Å². The number of aromatic nitrogens is 1. The van der Waals surface area contributed by atoms with Crippen LogP contribution in [0.4, 0.5) is 11.4 Å². The number of hydrogen-bond acceptors (Lipinski definition) is 4. The number of carbonyl (C=O) groups is 1. The summed E-state index contributed by atoms with van der Waals surface area (Å²) in [6.45, 7) is 2.07. The number of benzene rings is 1. The van der Waals surface area contributed by atoms with Crippen LogP contribution in [0.1, 0.15) is 22.2 Å². The second kappa shape index (κ2) is 4.81. The highest BCUT2D eigenvalue weighted by atomic mass is 32.1. The van der Waals surface area contributed by atoms with Crippen molar-refractivity contribution in [1.29, 1.82) is 0 Å². The zero-order valence-electron chi connectivity index (χ0n) is 12.1. The molecule has 0 fully saturated rings. The molecule has 0 aliphatic carbocycles. The Morgan fingerprint density at radius 2 is 2.14 bits per heavy atom. The summed E-state index contributed by atoms with van der Waals surface area (Å²) < 4.78 is 0. The molecule has 1 aromatic carbocycles. The molecule has 0 saturated heterocycles. The summed E-state index contributed by atoms with van der Waals surface area (Å²) >= 11 is 1.37. The molecule has 1 amide bonds. The predicted octanol–water partition coefficient (Wildman–Crippen LogP) is 3.47. The largest absolute Gasteiger partial charge is 0.397 e. The first-order valence-electron chi connectivity index (χ1n) is 7.21. The number of pyridine rings is 1. The van der Waals surface area contributed by atoms with Crippen LogP contribution in [0, 0.1) is 0 Å². The van der Waals surface area contributed by atoms with Gasteiger partial charge < -0.3 is 10.6 Å². The maximum atomic E-state index is 13.0. The first-order valence-corrected chi connectivity index (χ1v) is 8.03. The molecule has 1 atom stereocenters. The van der Waals surface area contributed by atoms with Crippen LogP contribution in [0.2, 0.25) is 0 Å². The van der Waals surface area contributed by atoms with E-state index in [-0.39, 0.29) is 11.9 Å². The Bertz CT molecular complexity index is 886. The van der Waals surface area contributed by atoms with E-state index in [2.05, 4.69) is 18.0 Å². The molecule has 3 aromatic rings. The number of thiophene rings is 1. The lowest BCUT2D eigenvalue weighted by Crippen LogP contribution is -2.35. The van der Waals surface area contributed by atoms with Crippen LogP contribution >= 0.6 is 11.3 Å². The van der Waals surface area contributed by atoms with Gasteiger partial charge in [-0.15, -0.1) is 11.3 Å². The minimum atomic E-state index is -0.0297. The van der Waals surface area contributed by atoms with Crippen molar-refractivity contribution in [3.8, 4) is 0 Å². The highest BCUT2D eigenvalue weighted by Gasteiger charge is 2.33. The van der Waals surface area contributed by atoms with Gasteiger partial charge in [-0.1, -0.05) is 18.2 Å². The topological polar surface area (TPSA) is 59.2 Å². The fraction of sp³-hybridized carbons (Fsp3) is 0.176. The minimum absolute atomic E-state index is 0.0297. The number of nitrogen functional groups attached to an aromatic ring is 1. The van der Waals surface area contributed by atoms with Crippen molar-refractivity contribution in [2.45, 2.75) is 19.4 Å². The highest BCUT2D eigenvalue weighted by Crippen LogP contribution is 2.38. The summed E-state index contributed by atoms with van der Waals surface area (Å²) in [5, 5.41) is 0.857. The summed E-state index contributed by atoms with van der Waals surface area (Å²) in [4.78, 5) is 20.6. The standard InChI is InChI=1S/C17H15N3OS/c1-10-9-11-5-2-3-7-13(11)20(10)17(21)15-14(18)12-6-4-8-19-16(12)22-15/h2-8,10H,9,18H2,1H3. The lowest BCUT2D eigenvalue weighted by atomic mass is 10.1. The van der Waals surface area contributed by atoms with Crippen LogP contribution < -0.4 is 10.6 Å². The fourth-order valence-corrected chi connectivity index (χ4v) is 4.09. The molecule has 5 heteroatoms. The number of hydrogen-bond donors (Lipinski definition) is 1. The summed E-state index contributed by atoms with van der Waals surface area (Å²) in [6.07, 6.45) is 2.60. The molecule has 3 heterocycles. The summed E-state index contributed by atoms with van der Waals surface area (Å²) in [6, 6.07) is 11.9. The van der Waals surface area contributed by atoms with Gasteiger partial charge in [-0.05, 0) is 37.1 Å². The number of fused-ring (bicyclic) bond motifs is 2. The quantitative estimate of drug-likeness (QED) is 0.749. The molecule has 2 aromatic heterocycles. The van der Waals surface area contributed by atoms with Crippen LogP contribution in [-0.2, 0) is 6.42 Å². The van der Waals surface area contributed by atoms with Crippen molar-refractivity contribution in [1.82, 2.24) is 4.98 Å². The number of nitrogens with two attached hydrogens (primary N) is 1.